The Hall–Kier alpha value is -2.99. The lowest BCUT2D eigenvalue weighted by Crippen LogP contribution is -2.47. The second-order valence-electron chi connectivity index (χ2n) is 7.74. The number of aromatic amines is 2. The number of amides is 1. The van der Waals surface area contributed by atoms with Crippen LogP contribution in [-0.2, 0) is 21.2 Å². The molecule has 2 unspecified atom stereocenters. The molecular weight excluding hydrogens is 422 g/mol. The van der Waals surface area contributed by atoms with Gasteiger partial charge in [0.1, 0.15) is 11.9 Å². The van der Waals surface area contributed by atoms with E-state index in [1.165, 1.54) is 0 Å². The zero-order valence-electron chi connectivity index (χ0n) is 17.1. The van der Waals surface area contributed by atoms with Gasteiger partial charge in [-0.2, -0.15) is 5.10 Å². The maximum absolute atomic E-state index is 12.6. The van der Waals surface area contributed by atoms with Gasteiger partial charge >= 0.3 is 5.69 Å². The monoisotopic (exact) mass is 447 g/mol. The number of benzene rings is 1. The lowest BCUT2D eigenvalue weighted by Gasteiger charge is -2.32. The Morgan fingerprint density at radius 1 is 1.35 bits per heavy atom. The van der Waals surface area contributed by atoms with Crippen molar-refractivity contribution in [1.29, 1.82) is 0 Å². The van der Waals surface area contributed by atoms with Crippen molar-refractivity contribution in [2.24, 2.45) is 0 Å². The van der Waals surface area contributed by atoms with E-state index in [4.69, 9.17) is 0 Å². The molecule has 4 rings (SSSR count). The highest BCUT2D eigenvalue weighted by molar-refractivity contribution is 7.92. The third-order valence-electron chi connectivity index (χ3n) is 5.63. The highest BCUT2D eigenvalue weighted by Gasteiger charge is 2.33. The fourth-order valence-electron chi connectivity index (χ4n) is 3.84. The number of nitrogens with zero attached hydrogens (tertiary/aromatic N) is 4. The molecule has 1 amide bonds. The number of sulfone groups is 1. The minimum absolute atomic E-state index is 0.0394. The van der Waals surface area contributed by atoms with Gasteiger partial charge in [0.05, 0.1) is 34.9 Å². The summed E-state index contributed by atoms with van der Waals surface area (Å²) in [5.41, 5.74) is 1.29. The summed E-state index contributed by atoms with van der Waals surface area (Å²) in [6, 6.07) is 7.10. The molecular formula is C19H25N7O4S. The van der Waals surface area contributed by atoms with Gasteiger partial charge in [-0.3, -0.25) is 14.7 Å². The standard InChI is InChI=1S/C19H25N7O4S/c1-13(26-12-21-15-4-2-3-5-16(15)26)18(27)20-7-6-14-10-25(8-9-31(14,29)30)11-17-22-19(28)24-23-17/h2-5,12-14H,6-11H2,1H3,(H,20,27)(H2,22,23,24,28). The molecule has 1 aromatic carbocycles. The van der Waals surface area contributed by atoms with Crippen molar-refractivity contribution in [3.8, 4) is 0 Å². The van der Waals surface area contributed by atoms with Crippen LogP contribution in [0, 0.1) is 0 Å². The third-order valence-corrected chi connectivity index (χ3v) is 7.78. The van der Waals surface area contributed by atoms with Crippen LogP contribution in [0.15, 0.2) is 35.4 Å². The first-order valence-corrected chi connectivity index (χ1v) is 11.8. The van der Waals surface area contributed by atoms with Crippen molar-refractivity contribution in [3.05, 3.63) is 46.9 Å². The average molecular weight is 448 g/mol. The predicted octanol–water partition coefficient (Wildman–Crippen LogP) is -0.186. The van der Waals surface area contributed by atoms with E-state index in [1.54, 1.807) is 17.8 Å². The summed E-state index contributed by atoms with van der Waals surface area (Å²) >= 11 is 0. The highest BCUT2D eigenvalue weighted by Crippen LogP contribution is 2.19. The summed E-state index contributed by atoms with van der Waals surface area (Å²) in [6.07, 6.45) is 1.96. The Morgan fingerprint density at radius 3 is 2.94 bits per heavy atom. The largest absolute Gasteiger partial charge is 0.354 e. The lowest BCUT2D eigenvalue weighted by molar-refractivity contribution is -0.123. The molecule has 0 spiro atoms. The maximum atomic E-state index is 12.6. The Kier molecular flexibility index (Phi) is 5.92. The van der Waals surface area contributed by atoms with Gasteiger partial charge in [-0.05, 0) is 25.5 Å². The number of carbonyl (C=O) groups is 1. The summed E-state index contributed by atoms with van der Waals surface area (Å²) in [5.74, 6) is 0.317. The Labute approximate surface area is 178 Å². The number of hydrogen-bond donors (Lipinski definition) is 3. The molecule has 1 aliphatic heterocycles. The third kappa shape index (κ3) is 4.69. The zero-order chi connectivity index (χ0) is 22.0. The summed E-state index contributed by atoms with van der Waals surface area (Å²) in [5, 5.41) is 8.45. The molecule has 0 aliphatic carbocycles. The van der Waals surface area contributed by atoms with E-state index in [9.17, 15) is 18.0 Å². The van der Waals surface area contributed by atoms with Crippen molar-refractivity contribution in [2.45, 2.75) is 31.2 Å². The van der Waals surface area contributed by atoms with Gasteiger partial charge in [0.15, 0.2) is 9.84 Å². The smallest absolute Gasteiger partial charge is 0.340 e. The number of carbonyl (C=O) groups excluding carboxylic acids is 1. The van der Waals surface area contributed by atoms with Crippen LogP contribution in [0.5, 0.6) is 0 Å². The lowest BCUT2D eigenvalue weighted by atomic mass is 10.2. The van der Waals surface area contributed by atoms with Crippen molar-refractivity contribution < 1.29 is 13.2 Å². The second kappa shape index (κ2) is 8.63. The summed E-state index contributed by atoms with van der Waals surface area (Å²) < 4.78 is 26.8. The number of hydrogen-bond acceptors (Lipinski definition) is 7. The van der Waals surface area contributed by atoms with Crippen molar-refractivity contribution in [1.82, 2.24) is 34.9 Å². The Bertz CT molecular complexity index is 1230. The number of fused-ring (bicyclic) bond motifs is 1. The van der Waals surface area contributed by atoms with Gasteiger partial charge in [0, 0.05) is 19.6 Å². The minimum atomic E-state index is -3.24. The van der Waals surface area contributed by atoms with Crippen LogP contribution in [-0.4, -0.2) is 74.6 Å². The van der Waals surface area contributed by atoms with Gasteiger partial charge in [0.25, 0.3) is 0 Å². The molecule has 11 nitrogen and oxygen atoms in total. The molecule has 3 heterocycles. The summed E-state index contributed by atoms with van der Waals surface area (Å²) in [6.45, 7) is 3.11. The van der Waals surface area contributed by atoms with Crippen LogP contribution in [0.4, 0.5) is 0 Å². The van der Waals surface area contributed by atoms with Gasteiger partial charge in [-0.1, -0.05) is 12.1 Å². The molecule has 2 atom stereocenters. The molecule has 0 saturated carbocycles. The molecule has 1 fully saturated rings. The Balaban J connectivity index is 1.33. The molecule has 0 bridgehead atoms. The van der Waals surface area contributed by atoms with Gasteiger partial charge in [-0.15, -0.1) is 0 Å². The predicted molar refractivity (Wildman–Crippen MR) is 114 cm³/mol. The topological polar surface area (TPSA) is 146 Å². The van der Waals surface area contributed by atoms with Gasteiger partial charge in [-0.25, -0.2) is 23.3 Å². The van der Waals surface area contributed by atoms with Gasteiger partial charge < -0.3 is 9.88 Å². The van der Waals surface area contributed by atoms with Crippen molar-refractivity contribution >= 4 is 26.8 Å². The molecule has 3 aromatic rings. The number of para-hydroxylation sites is 2. The number of H-pyrrole nitrogens is 2. The molecule has 1 aliphatic rings. The molecule has 0 radical (unpaired) electrons. The van der Waals surface area contributed by atoms with Crippen LogP contribution in [0.1, 0.15) is 25.2 Å². The molecule has 12 heteroatoms. The zero-order valence-corrected chi connectivity index (χ0v) is 17.9. The first kappa shape index (κ1) is 21.2. The van der Waals surface area contributed by atoms with Crippen LogP contribution in [0.2, 0.25) is 0 Å². The quantitative estimate of drug-likeness (QED) is 0.455. The minimum Gasteiger partial charge on any atom is -0.354 e. The van der Waals surface area contributed by atoms with E-state index in [-0.39, 0.29) is 18.2 Å². The molecule has 31 heavy (non-hydrogen) atoms. The van der Waals surface area contributed by atoms with Crippen molar-refractivity contribution in [2.75, 3.05) is 25.4 Å². The maximum Gasteiger partial charge on any atom is 0.340 e. The van der Waals surface area contributed by atoms with E-state index in [0.29, 0.717) is 31.9 Å². The van der Waals surface area contributed by atoms with Crippen LogP contribution in [0.3, 0.4) is 0 Å². The first-order chi connectivity index (χ1) is 14.8. The fraction of sp³-hybridized carbons (Fsp3) is 0.474. The van der Waals surface area contributed by atoms with Crippen LogP contribution in [0.25, 0.3) is 11.0 Å². The Morgan fingerprint density at radius 2 is 2.16 bits per heavy atom. The molecule has 3 N–H and O–H groups in total. The summed E-state index contributed by atoms with van der Waals surface area (Å²) in [7, 11) is -3.24. The van der Waals surface area contributed by atoms with Crippen LogP contribution >= 0.6 is 0 Å². The first-order valence-electron chi connectivity index (χ1n) is 10.1. The SMILES string of the molecule is CC(C(=O)NCCC1CN(Cc2n[nH]c(=O)[nH]2)CCS1(=O)=O)n1cnc2ccccc21. The average Bonchev–Trinajstić information content (AvgIpc) is 3.35. The van der Waals surface area contributed by atoms with E-state index in [0.717, 1.165) is 11.0 Å². The molecule has 166 valence electrons. The van der Waals surface area contributed by atoms with E-state index in [2.05, 4.69) is 25.5 Å². The highest BCUT2D eigenvalue weighted by atomic mass is 32.2. The molecule has 1 saturated heterocycles. The number of nitrogens with one attached hydrogen (secondary N) is 3. The number of aromatic nitrogens is 5. The van der Waals surface area contributed by atoms with Crippen LogP contribution < -0.4 is 11.0 Å². The number of imidazole rings is 1. The normalized spacial score (nSPS) is 20.0. The van der Waals surface area contributed by atoms with E-state index < -0.39 is 26.8 Å². The second-order valence-corrected chi connectivity index (χ2v) is 10.1. The van der Waals surface area contributed by atoms with E-state index >= 15 is 0 Å². The fourth-order valence-corrected chi connectivity index (χ4v) is 5.60. The van der Waals surface area contributed by atoms with E-state index in [1.807, 2.05) is 29.2 Å². The van der Waals surface area contributed by atoms with Gasteiger partial charge in [0.2, 0.25) is 5.91 Å². The summed E-state index contributed by atoms with van der Waals surface area (Å²) in [4.78, 5) is 32.6. The molecule has 2 aromatic heterocycles. The number of rotatable bonds is 7. The van der Waals surface area contributed by atoms with Crippen molar-refractivity contribution in [3.63, 3.8) is 0 Å².